The van der Waals surface area contributed by atoms with Gasteiger partial charge in [-0.05, 0) is 53.4 Å². The number of carbonyl (C=O) groups excluding carboxylic acids is 1. The highest BCUT2D eigenvalue weighted by molar-refractivity contribution is 7.99. The summed E-state index contributed by atoms with van der Waals surface area (Å²) in [5.41, 5.74) is 3.10. The molecule has 1 aliphatic rings. The first-order chi connectivity index (χ1) is 15.1. The SMILES string of the molecule is CC(C)c1ccc(NC(=O)CSc2ccc(NCc3ccc4c(c3)OCO4)nn2)cc1. The summed E-state index contributed by atoms with van der Waals surface area (Å²) in [6, 6.07) is 17.5. The number of thioether (sulfide) groups is 1. The van der Waals surface area contributed by atoms with Crippen molar-refractivity contribution >= 4 is 29.2 Å². The molecule has 0 fully saturated rings. The zero-order valence-corrected chi connectivity index (χ0v) is 18.2. The molecule has 1 aromatic heterocycles. The molecule has 1 aliphatic heterocycles. The second kappa shape index (κ2) is 9.70. The number of amides is 1. The molecule has 0 unspecified atom stereocenters. The second-order valence-electron chi connectivity index (χ2n) is 7.41. The number of rotatable bonds is 8. The van der Waals surface area contributed by atoms with Gasteiger partial charge in [0.05, 0.1) is 5.75 Å². The van der Waals surface area contributed by atoms with Crippen LogP contribution in [0.3, 0.4) is 0 Å². The summed E-state index contributed by atoms with van der Waals surface area (Å²) < 4.78 is 10.7. The van der Waals surface area contributed by atoms with E-state index >= 15 is 0 Å². The summed E-state index contributed by atoms with van der Waals surface area (Å²) in [4.78, 5) is 12.2. The molecule has 0 radical (unpaired) electrons. The Morgan fingerprint density at radius 2 is 1.84 bits per heavy atom. The van der Waals surface area contributed by atoms with E-state index in [1.54, 1.807) is 0 Å². The Morgan fingerprint density at radius 3 is 2.58 bits per heavy atom. The lowest BCUT2D eigenvalue weighted by molar-refractivity contribution is -0.113. The van der Waals surface area contributed by atoms with Crippen LogP contribution in [0.25, 0.3) is 0 Å². The Kier molecular flexibility index (Phi) is 6.57. The van der Waals surface area contributed by atoms with Crippen molar-refractivity contribution in [3.63, 3.8) is 0 Å². The van der Waals surface area contributed by atoms with Gasteiger partial charge >= 0.3 is 0 Å². The van der Waals surface area contributed by atoms with Crippen molar-refractivity contribution in [1.82, 2.24) is 10.2 Å². The molecular weight excluding hydrogens is 412 g/mol. The number of hydrogen-bond donors (Lipinski definition) is 2. The Labute approximate surface area is 185 Å². The van der Waals surface area contributed by atoms with Crippen molar-refractivity contribution in [2.75, 3.05) is 23.2 Å². The van der Waals surface area contributed by atoms with Crippen molar-refractivity contribution in [2.45, 2.75) is 31.3 Å². The van der Waals surface area contributed by atoms with E-state index in [0.29, 0.717) is 23.3 Å². The van der Waals surface area contributed by atoms with Crippen LogP contribution in [0, 0.1) is 0 Å². The maximum Gasteiger partial charge on any atom is 0.234 e. The largest absolute Gasteiger partial charge is 0.454 e. The number of anilines is 2. The molecule has 0 aliphatic carbocycles. The van der Waals surface area contributed by atoms with Crippen LogP contribution in [-0.2, 0) is 11.3 Å². The Bertz CT molecular complexity index is 1040. The lowest BCUT2D eigenvalue weighted by Crippen LogP contribution is -2.14. The summed E-state index contributed by atoms with van der Waals surface area (Å²) in [5, 5.41) is 15.2. The number of fused-ring (bicyclic) bond motifs is 1. The average molecular weight is 437 g/mol. The van der Waals surface area contributed by atoms with Gasteiger partial charge in [-0.3, -0.25) is 4.79 Å². The molecule has 0 bridgehead atoms. The molecular formula is C23H24N4O3S. The quantitative estimate of drug-likeness (QED) is 0.496. The molecule has 160 valence electrons. The number of benzene rings is 2. The van der Waals surface area contributed by atoms with Gasteiger partial charge < -0.3 is 20.1 Å². The first-order valence-electron chi connectivity index (χ1n) is 10.1. The van der Waals surface area contributed by atoms with Crippen LogP contribution in [0.2, 0.25) is 0 Å². The normalized spacial score (nSPS) is 12.1. The molecule has 2 N–H and O–H groups in total. The van der Waals surface area contributed by atoms with Crippen molar-refractivity contribution in [2.24, 2.45) is 0 Å². The summed E-state index contributed by atoms with van der Waals surface area (Å²) >= 11 is 1.35. The molecule has 1 amide bonds. The molecule has 0 atom stereocenters. The van der Waals surface area contributed by atoms with E-state index in [-0.39, 0.29) is 18.5 Å². The van der Waals surface area contributed by atoms with Crippen molar-refractivity contribution in [1.29, 1.82) is 0 Å². The van der Waals surface area contributed by atoms with E-state index in [1.807, 2.05) is 54.6 Å². The highest BCUT2D eigenvalue weighted by Gasteiger charge is 2.13. The van der Waals surface area contributed by atoms with Crippen molar-refractivity contribution in [3.8, 4) is 11.5 Å². The van der Waals surface area contributed by atoms with E-state index < -0.39 is 0 Å². The molecule has 0 spiro atoms. The molecule has 0 saturated heterocycles. The van der Waals surface area contributed by atoms with Gasteiger partial charge in [0.25, 0.3) is 0 Å². The first-order valence-corrected chi connectivity index (χ1v) is 11.0. The Morgan fingerprint density at radius 1 is 1.03 bits per heavy atom. The van der Waals surface area contributed by atoms with Crippen LogP contribution in [0.1, 0.15) is 30.9 Å². The highest BCUT2D eigenvalue weighted by atomic mass is 32.2. The van der Waals surface area contributed by atoms with Gasteiger partial charge in [0.2, 0.25) is 12.7 Å². The fourth-order valence-electron chi connectivity index (χ4n) is 3.02. The van der Waals surface area contributed by atoms with E-state index in [2.05, 4.69) is 34.7 Å². The minimum absolute atomic E-state index is 0.0749. The third kappa shape index (κ3) is 5.67. The lowest BCUT2D eigenvalue weighted by Gasteiger charge is -2.08. The van der Waals surface area contributed by atoms with Gasteiger partial charge in [0.1, 0.15) is 10.8 Å². The van der Waals surface area contributed by atoms with E-state index in [4.69, 9.17) is 9.47 Å². The standard InChI is InChI=1S/C23H24N4O3S/c1-15(2)17-4-6-18(7-5-17)25-22(28)13-31-23-10-9-21(26-27-23)24-12-16-3-8-19-20(11-16)30-14-29-19/h3-11,15H,12-14H2,1-2H3,(H,24,26)(H,25,28). The van der Waals surface area contributed by atoms with Gasteiger partial charge in [-0.25, -0.2) is 0 Å². The minimum atomic E-state index is -0.0749. The fourth-order valence-corrected chi connectivity index (χ4v) is 3.64. The number of nitrogens with one attached hydrogen (secondary N) is 2. The molecule has 7 nitrogen and oxygen atoms in total. The average Bonchev–Trinajstić information content (AvgIpc) is 3.25. The van der Waals surface area contributed by atoms with Crippen molar-refractivity contribution < 1.29 is 14.3 Å². The summed E-state index contributed by atoms with van der Waals surface area (Å²) in [6.45, 7) is 5.14. The highest BCUT2D eigenvalue weighted by Crippen LogP contribution is 2.32. The number of carbonyl (C=O) groups is 1. The van der Waals surface area contributed by atoms with Crippen LogP contribution >= 0.6 is 11.8 Å². The first kappa shape index (κ1) is 21.0. The minimum Gasteiger partial charge on any atom is -0.454 e. The lowest BCUT2D eigenvalue weighted by atomic mass is 10.0. The van der Waals surface area contributed by atoms with Gasteiger partial charge in [0, 0.05) is 12.2 Å². The monoisotopic (exact) mass is 436 g/mol. The van der Waals surface area contributed by atoms with Gasteiger partial charge in [-0.2, -0.15) is 0 Å². The topological polar surface area (TPSA) is 85.4 Å². The molecule has 2 aromatic carbocycles. The maximum absolute atomic E-state index is 12.2. The number of nitrogens with zero attached hydrogens (tertiary/aromatic N) is 2. The van der Waals surface area contributed by atoms with E-state index in [9.17, 15) is 4.79 Å². The van der Waals surface area contributed by atoms with Crippen molar-refractivity contribution in [3.05, 3.63) is 65.7 Å². The van der Waals surface area contributed by atoms with Gasteiger partial charge in [-0.15, -0.1) is 10.2 Å². The third-order valence-corrected chi connectivity index (χ3v) is 5.68. The van der Waals surface area contributed by atoms with Crippen LogP contribution < -0.4 is 20.1 Å². The van der Waals surface area contributed by atoms with Gasteiger partial charge in [-0.1, -0.05) is 43.8 Å². The molecule has 0 saturated carbocycles. The molecule has 2 heterocycles. The smallest absolute Gasteiger partial charge is 0.234 e. The zero-order chi connectivity index (χ0) is 21.6. The molecule has 4 rings (SSSR count). The Balaban J connectivity index is 1.23. The van der Waals surface area contributed by atoms with Gasteiger partial charge in [0.15, 0.2) is 11.5 Å². The number of aromatic nitrogens is 2. The predicted molar refractivity (Wildman–Crippen MR) is 122 cm³/mol. The summed E-state index contributed by atoms with van der Waals surface area (Å²) in [6.07, 6.45) is 0. The predicted octanol–water partition coefficient (Wildman–Crippen LogP) is 4.67. The van der Waals surface area contributed by atoms with E-state index in [0.717, 1.165) is 22.7 Å². The number of hydrogen-bond acceptors (Lipinski definition) is 7. The second-order valence-corrected chi connectivity index (χ2v) is 8.41. The third-order valence-electron chi connectivity index (χ3n) is 4.76. The molecule has 8 heteroatoms. The Hall–Kier alpha value is -3.26. The fraction of sp³-hybridized carbons (Fsp3) is 0.261. The number of ether oxygens (including phenoxy) is 2. The zero-order valence-electron chi connectivity index (χ0n) is 17.4. The van der Waals surface area contributed by atoms with E-state index in [1.165, 1.54) is 17.3 Å². The summed E-state index contributed by atoms with van der Waals surface area (Å²) in [5.74, 6) is 2.84. The van der Waals surface area contributed by atoms with Crippen LogP contribution in [-0.4, -0.2) is 28.7 Å². The molecule has 31 heavy (non-hydrogen) atoms. The maximum atomic E-state index is 12.2. The molecule has 3 aromatic rings. The van der Waals surface area contributed by atoms with Crippen LogP contribution in [0.15, 0.2) is 59.6 Å². The summed E-state index contributed by atoms with van der Waals surface area (Å²) in [7, 11) is 0. The van der Waals surface area contributed by atoms with Crippen LogP contribution in [0.5, 0.6) is 11.5 Å². The van der Waals surface area contributed by atoms with Crippen LogP contribution in [0.4, 0.5) is 11.5 Å².